The minimum absolute atomic E-state index is 0.228. The Morgan fingerprint density at radius 3 is 2.08 bits per heavy atom. The Morgan fingerprint density at radius 2 is 1.50 bits per heavy atom. The zero-order chi connectivity index (χ0) is 27.9. The summed E-state index contributed by atoms with van der Waals surface area (Å²) in [5.74, 6) is -2.99. The summed E-state index contributed by atoms with van der Waals surface area (Å²) in [6.45, 7) is 0.748. The number of anilines is 1. The number of halogens is 3. The lowest BCUT2D eigenvalue weighted by atomic mass is 10.1. The monoisotopic (exact) mass is 519 g/mol. The van der Waals surface area contributed by atoms with Gasteiger partial charge in [0.05, 0.1) is 23.3 Å². The molecule has 38 heavy (non-hydrogen) atoms. The Balaban J connectivity index is 0.000000505. The molecule has 0 unspecified atom stereocenters. The van der Waals surface area contributed by atoms with Crippen LogP contribution in [-0.2, 0) is 17.9 Å². The van der Waals surface area contributed by atoms with Gasteiger partial charge in [0.15, 0.2) is 0 Å². The Hall–Kier alpha value is -5.29. The van der Waals surface area contributed by atoms with E-state index in [0.717, 1.165) is 22.0 Å². The first kappa shape index (κ1) is 27.3. The normalized spacial score (nSPS) is 10.6. The summed E-state index contributed by atoms with van der Waals surface area (Å²) < 4.78 is 33.7. The number of aromatic nitrogens is 1. The van der Waals surface area contributed by atoms with Crippen LogP contribution in [0.5, 0.6) is 0 Å². The fourth-order valence-corrected chi connectivity index (χ4v) is 3.59. The van der Waals surface area contributed by atoms with Crippen molar-refractivity contribution >= 4 is 28.5 Å². The first-order chi connectivity index (χ1) is 18.0. The average Bonchev–Trinajstić information content (AvgIpc) is 3.24. The predicted octanol–water partition coefficient (Wildman–Crippen LogP) is 4.58. The van der Waals surface area contributed by atoms with Crippen LogP contribution in [-0.4, -0.2) is 27.7 Å². The summed E-state index contributed by atoms with van der Waals surface area (Å²) >= 11 is 0. The number of carboxylic acid groups (broad SMARTS) is 1. The van der Waals surface area contributed by atoms with Crippen molar-refractivity contribution in [1.29, 1.82) is 10.5 Å². The average molecular weight is 519 g/mol. The molecular weight excluding hydrogens is 499 g/mol. The van der Waals surface area contributed by atoms with Gasteiger partial charge in [0.25, 0.3) is 5.91 Å². The first-order valence-corrected chi connectivity index (χ1v) is 11.0. The number of nitrogens with one attached hydrogen (secondary N) is 1. The third-order valence-corrected chi connectivity index (χ3v) is 5.31. The first-order valence-electron chi connectivity index (χ1n) is 11.0. The molecule has 1 heterocycles. The van der Waals surface area contributed by atoms with E-state index in [0.29, 0.717) is 35.6 Å². The smallest absolute Gasteiger partial charge is 0.475 e. The second-order valence-corrected chi connectivity index (χ2v) is 8.04. The lowest BCUT2D eigenvalue weighted by Crippen LogP contribution is -2.25. The van der Waals surface area contributed by atoms with Crippen molar-refractivity contribution in [3.05, 3.63) is 101 Å². The Morgan fingerprint density at radius 1 is 0.921 bits per heavy atom. The van der Waals surface area contributed by atoms with Crippen molar-refractivity contribution in [3.63, 3.8) is 0 Å². The molecular formula is C27H20F3N5O3. The highest BCUT2D eigenvalue weighted by Crippen LogP contribution is 2.24. The number of hydrogen-bond acceptors (Lipinski definition) is 5. The fraction of sp³-hybridized carbons (Fsp3) is 0.111. The third-order valence-electron chi connectivity index (χ3n) is 5.31. The number of fused-ring (bicyclic) bond motifs is 1. The zero-order valence-corrected chi connectivity index (χ0v) is 19.7. The minimum Gasteiger partial charge on any atom is -0.475 e. The SMILES string of the molecule is N#Cc1cccc(CNC(=O)c2cc3cc(N)ccc3n2Cc2cccc(C#N)c2)c1.O=C(O)C(F)(F)F. The number of nitriles is 2. The number of nitrogen functional groups attached to an aromatic ring is 1. The van der Waals surface area contributed by atoms with Gasteiger partial charge in [-0.1, -0.05) is 24.3 Å². The Bertz CT molecular complexity index is 1580. The van der Waals surface area contributed by atoms with Gasteiger partial charge in [-0.25, -0.2) is 4.79 Å². The van der Waals surface area contributed by atoms with Gasteiger partial charge in [-0.3, -0.25) is 4.79 Å². The van der Waals surface area contributed by atoms with Crippen LogP contribution < -0.4 is 11.1 Å². The van der Waals surface area contributed by atoms with Gasteiger partial charge in [0.1, 0.15) is 5.69 Å². The number of rotatable bonds is 5. The fourth-order valence-electron chi connectivity index (χ4n) is 3.59. The number of aliphatic carboxylic acids is 1. The molecule has 0 saturated carbocycles. The molecule has 0 spiro atoms. The summed E-state index contributed by atoms with van der Waals surface area (Å²) in [5, 5.41) is 29.2. The Labute approximate surface area is 214 Å². The van der Waals surface area contributed by atoms with Crippen molar-refractivity contribution in [2.24, 2.45) is 0 Å². The van der Waals surface area contributed by atoms with Crippen molar-refractivity contribution in [2.75, 3.05) is 5.73 Å². The van der Waals surface area contributed by atoms with E-state index < -0.39 is 12.1 Å². The van der Waals surface area contributed by atoms with Crippen molar-refractivity contribution in [2.45, 2.75) is 19.3 Å². The molecule has 0 aliphatic heterocycles. The molecule has 8 nitrogen and oxygen atoms in total. The van der Waals surface area contributed by atoms with E-state index in [1.54, 1.807) is 30.3 Å². The standard InChI is InChI=1S/C25H19N5O.C2HF3O2/c26-13-17-3-1-5-19(9-17)15-29-25(31)24-12-21-11-22(28)7-8-23(21)30(24)16-20-6-2-4-18(10-20)14-27;3-2(4,5)1(6)7/h1-12H,15-16,28H2,(H,29,31);(H,6,7). The molecule has 192 valence electrons. The van der Waals surface area contributed by atoms with E-state index in [4.69, 9.17) is 20.9 Å². The molecule has 0 radical (unpaired) electrons. The maximum atomic E-state index is 13.1. The van der Waals surface area contributed by atoms with E-state index in [1.165, 1.54) is 0 Å². The maximum absolute atomic E-state index is 13.1. The number of amides is 1. The van der Waals surface area contributed by atoms with Crippen LogP contribution in [0.15, 0.2) is 72.8 Å². The van der Waals surface area contributed by atoms with Crippen LogP contribution in [0.1, 0.15) is 32.7 Å². The number of hydrogen-bond donors (Lipinski definition) is 3. The molecule has 11 heteroatoms. The van der Waals surface area contributed by atoms with Crippen LogP contribution in [0.4, 0.5) is 18.9 Å². The molecule has 1 amide bonds. The lowest BCUT2D eigenvalue weighted by Gasteiger charge is -2.12. The van der Waals surface area contributed by atoms with Crippen LogP contribution in [0.2, 0.25) is 0 Å². The summed E-state index contributed by atoms with van der Waals surface area (Å²) in [4.78, 5) is 22.0. The third kappa shape index (κ3) is 6.89. The number of carbonyl (C=O) groups excluding carboxylic acids is 1. The molecule has 0 aliphatic rings. The second-order valence-electron chi connectivity index (χ2n) is 8.04. The summed E-state index contributed by atoms with van der Waals surface area (Å²) in [6, 6.07) is 26.1. The van der Waals surface area contributed by atoms with Gasteiger partial charge in [0, 0.05) is 29.7 Å². The molecule has 4 aromatic rings. The molecule has 3 aromatic carbocycles. The van der Waals surface area contributed by atoms with E-state index in [9.17, 15) is 23.2 Å². The Kier molecular flexibility index (Phi) is 8.36. The van der Waals surface area contributed by atoms with Gasteiger partial charge >= 0.3 is 12.1 Å². The largest absolute Gasteiger partial charge is 0.490 e. The van der Waals surface area contributed by atoms with Crippen molar-refractivity contribution < 1.29 is 27.9 Å². The van der Waals surface area contributed by atoms with Gasteiger partial charge in [-0.05, 0) is 59.7 Å². The molecule has 0 fully saturated rings. The highest BCUT2D eigenvalue weighted by molar-refractivity contribution is 5.99. The van der Waals surface area contributed by atoms with Gasteiger partial charge in [0.2, 0.25) is 0 Å². The van der Waals surface area contributed by atoms with Crippen LogP contribution in [0.25, 0.3) is 10.9 Å². The molecule has 0 atom stereocenters. The number of alkyl halides is 3. The van der Waals surface area contributed by atoms with Crippen LogP contribution >= 0.6 is 0 Å². The van der Waals surface area contributed by atoms with Crippen molar-refractivity contribution in [3.8, 4) is 12.1 Å². The number of carbonyl (C=O) groups is 2. The quantitative estimate of drug-likeness (QED) is 0.329. The number of carboxylic acids is 1. The minimum atomic E-state index is -5.08. The molecule has 1 aromatic heterocycles. The molecule has 4 rings (SSSR count). The maximum Gasteiger partial charge on any atom is 0.490 e. The van der Waals surface area contributed by atoms with E-state index in [1.807, 2.05) is 47.0 Å². The second kappa shape index (κ2) is 11.6. The van der Waals surface area contributed by atoms with Gasteiger partial charge < -0.3 is 20.7 Å². The van der Waals surface area contributed by atoms with Gasteiger partial charge in [-0.2, -0.15) is 23.7 Å². The zero-order valence-electron chi connectivity index (χ0n) is 19.7. The molecule has 4 N–H and O–H groups in total. The highest BCUT2D eigenvalue weighted by atomic mass is 19.4. The topological polar surface area (TPSA) is 145 Å². The molecule has 0 bridgehead atoms. The summed E-state index contributed by atoms with van der Waals surface area (Å²) in [7, 11) is 0. The van der Waals surface area contributed by atoms with E-state index in [2.05, 4.69) is 17.5 Å². The van der Waals surface area contributed by atoms with Crippen LogP contribution in [0.3, 0.4) is 0 Å². The predicted molar refractivity (Wildman–Crippen MR) is 133 cm³/mol. The number of nitrogens with two attached hydrogens (primary N) is 1. The molecule has 0 aliphatic carbocycles. The highest BCUT2D eigenvalue weighted by Gasteiger charge is 2.38. The number of benzene rings is 3. The number of nitrogens with zero attached hydrogens (tertiary/aromatic N) is 3. The summed E-state index contributed by atoms with van der Waals surface area (Å²) in [6.07, 6.45) is -5.08. The molecule has 0 saturated heterocycles. The lowest BCUT2D eigenvalue weighted by molar-refractivity contribution is -0.192. The van der Waals surface area contributed by atoms with Crippen LogP contribution in [0, 0.1) is 22.7 Å². The van der Waals surface area contributed by atoms with E-state index in [-0.39, 0.29) is 5.91 Å². The van der Waals surface area contributed by atoms with Crippen molar-refractivity contribution in [1.82, 2.24) is 9.88 Å². The van der Waals surface area contributed by atoms with E-state index >= 15 is 0 Å². The summed E-state index contributed by atoms with van der Waals surface area (Å²) in [5.41, 5.74) is 10.8. The van der Waals surface area contributed by atoms with Gasteiger partial charge in [-0.15, -0.1) is 0 Å².